The van der Waals surface area contributed by atoms with Crippen LogP contribution in [0.3, 0.4) is 0 Å². The van der Waals surface area contributed by atoms with Gasteiger partial charge < -0.3 is 15.0 Å². The van der Waals surface area contributed by atoms with Crippen molar-refractivity contribution in [1.29, 1.82) is 0 Å². The van der Waals surface area contributed by atoms with Crippen molar-refractivity contribution in [2.45, 2.75) is 27.2 Å². The minimum atomic E-state index is 0.729. The second kappa shape index (κ2) is 8.18. The fourth-order valence-electron chi connectivity index (χ4n) is 2.26. The molecule has 1 aromatic rings. The number of aryl methyl sites for hydroxylation is 3. The molecule has 0 heterocycles. The molecule has 0 spiro atoms. The molecule has 1 aromatic carbocycles. The average molecular weight is 264 g/mol. The molecule has 0 saturated heterocycles. The molecule has 0 aliphatic carbocycles. The summed E-state index contributed by atoms with van der Waals surface area (Å²) >= 11 is 0. The lowest BCUT2D eigenvalue weighted by atomic mass is 10.1. The van der Waals surface area contributed by atoms with E-state index in [2.05, 4.69) is 57.2 Å². The molecule has 3 nitrogen and oxygen atoms in total. The molecular formula is C16H28N2O. The van der Waals surface area contributed by atoms with Crippen LogP contribution in [0.2, 0.25) is 0 Å². The zero-order valence-electron chi connectivity index (χ0n) is 13.0. The summed E-state index contributed by atoms with van der Waals surface area (Å²) in [4.78, 5) is 2.21. The first kappa shape index (κ1) is 16.0. The Labute approximate surface area is 118 Å². The monoisotopic (exact) mass is 264 g/mol. The maximum atomic E-state index is 5.88. The molecular weight excluding hydrogens is 236 g/mol. The van der Waals surface area contributed by atoms with Gasteiger partial charge in [-0.3, -0.25) is 0 Å². The van der Waals surface area contributed by atoms with E-state index >= 15 is 0 Å². The van der Waals surface area contributed by atoms with Crippen LogP contribution in [-0.2, 0) is 0 Å². The Balaban J connectivity index is 2.23. The average Bonchev–Trinajstić information content (AvgIpc) is 2.30. The lowest BCUT2D eigenvalue weighted by Gasteiger charge is -2.14. The molecule has 1 rings (SSSR count). The van der Waals surface area contributed by atoms with Crippen molar-refractivity contribution >= 4 is 0 Å². The minimum absolute atomic E-state index is 0.729. The lowest BCUT2D eigenvalue weighted by molar-refractivity contribution is 0.307. The molecule has 0 amide bonds. The SMILES string of the molecule is Cc1cc(C)c(OCCNCCCN(C)C)c(C)c1. The highest BCUT2D eigenvalue weighted by molar-refractivity contribution is 5.42. The lowest BCUT2D eigenvalue weighted by Crippen LogP contribution is -2.25. The summed E-state index contributed by atoms with van der Waals surface area (Å²) < 4.78 is 5.88. The molecule has 108 valence electrons. The van der Waals surface area contributed by atoms with E-state index in [1.54, 1.807) is 0 Å². The third-order valence-electron chi connectivity index (χ3n) is 3.09. The molecule has 0 fully saturated rings. The minimum Gasteiger partial charge on any atom is -0.492 e. The molecule has 3 heteroatoms. The van der Waals surface area contributed by atoms with Gasteiger partial charge in [-0.15, -0.1) is 0 Å². The van der Waals surface area contributed by atoms with Crippen molar-refractivity contribution < 1.29 is 4.74 Å². The number of benzene rings is 1. The smallest absolute Gasteiger partial charge is 0.125 e. The number of hydrogen-bond acceptors (Lipinski definition) is 3. The summed E-state index contributed by atoms with van der Waals surface area (Å²) in [6.45, 7) is 10.2. The van der Waals surface area contributed by atoms with Crippen LogP contribution >= 0.6 is 0 Å². The van der Waals surface area contributed by atoms with Crippen LogP contribution < -0.4 is 10.1 Å². The molecule has 0 aliphatic rings. The van der Waals surface area contributed by atoms with E-state index in [4.69, 9.17) is 4.74 Å². The first-order valence-electron chi connectivity index (χ1n) is 7.07. The van der Waals surface area contributed by atoms with Crippen LogP contribution in [0, 0.1) is 20.8 Å². The summed E-state index contributed by atoms with van der Waals surface area (Å²) in [5.74, 6) is 1.04. The summed E-state index contributed by atoms with van der Waals surface area (Å²) in [5, 5.41) is 3.41. The van der Waals surface area contributed by atoms with Gasteiger partial charge in [0.05, 0.1) is 0 Å². The van der Waals surface area contributed by atoms with Crippen LogP contribution in [0.4, 0.5) is 0 Å². The Morgan fingerprint density at radius 3 is 2.26 bits per heavy atom. The van der Waals surface area contributed by atoms with E-state index in [-0.39, 0.29) is 0 Å². The summed E-state index contributed by atoms with van der Waals surface area (Å²) in [6.07, 6.45) is 1.18. The van der Waals surface area contributed by atoms with Crippen LogP contribution in [0.5, 0.6) is 5.75 Å². The van der Waals surface area contributed by atoms with Gasteiger partial charge >= 0.3 is 0 Å². The second-order valence-corrected chi connectivity index (χ2v) is 5.48. The number of ether oxygens (including phenoxy) is 1. The highest BCUT2D eigenvalue weighted by Crippen LogP contribution is 2.24. The second-order valence-electron chi connectivity index (χ2n) is 5.48. The predicted octanol–water partition coefficient (Wildman–Crippen LogP) is 2.53. The summed E-state index contributed by atoms with van der Waals surface area (Å²) in [7, 11) is 4.21. The van der Waals surface area contributed by atoms with E-state index in [0.29, 0.717) is 0 Å². The van der Waals surface area contributed by atoms with Gasteiger partial charge in [0.15, 0.2) is 0 Å². The maximum Gasteiger partial charge on any atom is 0.125 e. The van der Waals surface area contributed by atoms with Crippen molar-refractivity contribution in [3.63, 3.8) is 0 Å². The predicted molar refractivity (Wildman–Crippen MR) is 82.2 cm³/mol. The zero-order chi connectivity index (χ0) is 14.3. The van der Waals surface area contributed by atoms with E-state index in [1.165, 1.54) is 23.1 Å². The van der Waals surface area contributed by atoms with Gasteiger partial charge in [-0.1, -0.05) is 17.7 Å². The molecule has 0 radical (unpaired) electrons. The summed E-state index contributed by atoms with van der Waals surface area (Å²) in [5.41, 5.74) is 3.75. The highest BCUT2D eigenvalue weighted by atomic mass is 16.5. The standard InChI is InChI=1S/C16H28N2O/c1-13-11-14(2)16(15(3)12-13)19-10-8-17-7-6-9-18(4)5/h11-12,17H,6-10H2,1-5H3. The number of rotatable bonds is 8. The van der Waals surface area contributed by atoms with Gasteiger partial charge in [0.2, 0.25) is 0 Å². The fourth-order valence-corrected chi connectivity index (χ4v) is 2.26. The van der Waals surface area contributed by atoms with Gasteiger partial charge in [0.1, 0.15) is 12.4 Å². The van der Waals surface area contributed by atoms with Crippen LogP contribution in [0.1, 0.15) is 23.1 Å². The van der Waals surface area contributed by atoms with Gasteiger partial charge in [0.25, 0.3) is 0 Å². The molecule has 0 aliphatic heterocycles. The normalized spacial score (nSPS) is 11.1. The zero-order valence-corrected chi connectivity index (χ0v) is 13.0. The quantitative estimate of drug-likeness (QED) is 0.730. The molecule has 0 bridgehead atoms. The summed E-state index contributed by atoms with van der Waals surface area (Å²) in [6, 6.07) is 4.35. The number of nitrogens with zero attached hydrogens (tertiary/aromatic N) is 1. The van der Waals surface area contributed by atoms with Crippen molar-refractivity contribution in [2.75, 3.05) is 40.3 Å². The Bertz CT molecular complexity index is 365. The third-order valence-corrected chi connectivity index (χ3v) is 3.09. The van der Waals surface area contributed by atoms with Gasteiger partial charge in [-0.25, -0.2) is 0 Å². The van der Waals surface area contributed by atoms with Gasteiger partial charge in [-0.2, -0.15) is 0 Å². The van der Waals surface area contributed by atoms with Crippen molar-refractivity contribution in [3.05, 3.63) is 28.8 Å². The Morgan fingerprint density at radius 2 is 1.68 bits per heavy atom. The molecule has 0 saturated carbocycles. The first-order valence-corrected chi connectivity index (χ1v) is 7.07. The highest BCUT2D eigenvalue weighted by Gasteiger charge is 2.04. The fraction of sp³-hybridized carbons (Fsp3) is 0.625. The molecule has 0 atom stereocenters. The van der Waals surface area contributed by atoms with E-state index in [1.807, 2.05) is 0 Å². The number of nitrogens with one attached hydrogen (secondary N) is 1. The largest absolute Gasteiger partial charge is 0.492 e. The molecule has 1 N–H and O–H groups in total. The van der Waals surface area contributed by atoms with Crippen molar-refractivity contribution in [2.24, 2.45) is 0 Å². The topological polar surface area (TPSA) is 24.5 Å². The third kappa shape index (κ3) is 6.08. The Morgan fingerprint density at radius 1 is 1.05 bits per heavy atom. The Hall–Kier alpha value is -1.06. The van der Waals surface area contributed by atoms with Crippen molar-refractivity contribution in [3.8, 4) is 5.75 Å². The number of hydrogen-bond donors (Lipinski definition) is 1. The van der Waals surface area contributed by atoms with E-state index in [9.17, 15) is 0 Å². The molecule has 19 heavy (non-hydrogen) atoms. The first-order chi connectivity index (χ1) is 9.00. The van der Waals surface area contributed by atoms with E-state index in [0.717, 1.165) is 32.0 Å². The van der Waals surface area contributed by atoms with Crippen LogP contribution in [0.15, 0.2) is 12.1 Å². The van der Waals surface area contributed by atoms with Crippen LogP contribution in [-0.4, -0.2) is 45.2 Å². The van der Waals surface area contributed by atoms with Crippen molar-refractivity contribution in [1.82, 2.24) is 10.2 Å². The van der Waals surface area contributed by atoms with E-state index < -0.39 is 0 Å². The van der Waals surface area contributed by atoms with Crippen LogP contribution in [0.25, 0.3) is 0 Å². The Kier molecular flexibility index (Phi) is 6.89. The van der Waals surface area contributed by atoms with Gasteiger partial charge in [-0.05, 0) is 65.5 Å². The molecule has 0 unspecified atom stereocenters. The maximum absolute atomic E-state index is 5.88. The molecule has 0 aromatic heterocycles. The van der Waals surface area contributed by atoms with Gasteiger partial charge in [0, 0.05) is 6.54 Å².